The maximum Gasteiger partial charge on any atom is 0.203 e. The molecule has 0 amide bonds. The molecule has 2 N–H and O–H groups in total. The van der Waals surface area contributed by atoms with Gasteiger partial charge in [-0.3, -0.25) is 5.43 Å². The Morgan fingerprint density at radius 2 is 2.04 bits per heavy atom. The Morgan fingerprint density at radius 1 is 1.16 bits per heavy atom. The van der Waals surface area contributed by atoms with Crippen molar-refractivity contribution >= 4 is 33.6 Å². The van der Waals surface area contributed by atoms with Gasteiger partial charge in [0.1, 0.15) is 11.6 Å². The number of anilines is 1. The highest BCUT2D eigenvalue weighted by Gasteiger charge is 2.10. The lowest BCUT2D eigenvalue weighted by molar-refractivity contribution is 0.585. The number of halogens is 2. The number of benzene rings is 2. The van der Waals surface area contributed by atoms with Crippen molar-refractivity contribution in [3.63, 3.8) is 0 Å². The van der Waals surface area contributed by atoms with Gasteiger partial charge >= 0.3 is 0 Å². The van der Waals surface area contributed by atoms with E-state index in [0.29, 0.717) is 10.8 Å². The van der Waals surface area contributed by atoms with E-state index < -0.39 is 11.6 Å². The monoisotopic (exact) mass is 354 g/mol. The topological polar surface area (TPSA) is 53.1 Å². The molecular formula is C18H12F2N4S. The first kappa shape index (κ1) is 15.5. The van der Waals surface area contributed by atoms with Crippen LogP contribution >= 0.6 is 11.3 Å². The number of rotatable bonds is 4. The summed E-state index contributed by atoms with van der Waals surface area (Å²) in [5.41, 5.74) is 5.51. The molecule has 0 atom stereocenters. The van der Waals surface area contributed by atoms with Crippen LogP contribution in [0.5, 0.6) is 0 Å². The highest BCUT2D eigenvalue weighted by molar-refractivity contribution is 7.14. The van der Waals surface area contributed by atoms with Crippen LogP contribution in [0.25, 0.3) is 22.2 Å². The molecule has 0 fully saturated rings. The minimum Gasteiger partial charge on any atom is -0.361 e. The van der Waals surface area contributed by atoms with E-state index >= 15 is 0 Å². The quantitative estimate of drug-likeness (QED) is 0.399. The van der Waals surface area contributed by atoms with Crippen molar-refractivity contribution < 1.29 is 8.78 Å². The lowest BCUT2D eigenvalue weighted by Crippen LogP contribution is -1.90. The fourth-order valence-corrected chi connectivity index (χ4v) is 3.16. The molecule has 0 unspecified atom stereocenters. The molecule has 7 heteroatoms. The molecule has 124 valence electrons. The van der Waals surface area contributed by atoms with Gasteiger partial charge in [0, 0.05) is 39.7 Å². The van der Waals surface area contributed by atoms with E-state index in [1.54, 1.807) is 11.6 Å². The zero-order valence-electron chi connectivity index (χ0n) is 12.8. The standard InChI is InChI=1S/C18H12F2N4S/c19-12-5-6-14(15(20)7-12)17-10-25-18(23-17)24-22-9-11-8-21-16-4-2-1-3-13(11)16/h1-10,21H,(H,23,24)/b22-9+. The molecule has 0 radical (unpaired) electrons. The van der Waals surface area contributed by atoms with Gasteiger partial charge in [-0.25, -0.2) is 13.8 Å². The fraction of sp³-hybridized carbons (Fsp3) is 0. The number of hydrogen-bond donors (Lipinski definition) is 2. The molecule has 0 spiro atoms. The van der Waals surface area contributed by atoms with Crippen LogP contribution in [0.15, 0.2) is 59.1 Å². The van der Waals surface area contributed by atoms with Crippen molar-refractivity contribution in [1.82, 2.24) is 9.97 Å². The average Bonchev–Trinajstić information content (AvgIpc) is 3.23. The van der Waals surface area contributed by atoms with Crippen LogP contribution in [0, 0.1) is 11.6 Å². The first-order chi connectivity index (χ1) is 12.2. The third kappa shape index (κ3) is 3.14. The normalized spacial score (nSPS) is 11.4. The van der Waals surface area contributed by atoms with Crippen LogP contribution in [-0.4, -0.2) is 16.2 Å². The zero-order valence-corrected chi connectivity index (χ0v) is 13.6. The Hall–Kier alpha value is -3.06. The third-order valence-corrected chi connectivity index (χ3v) is 4.44. The third-order valence-electron chi connectivity index (χ3n) is 3.70. The molecule has 25 heavy (non-hydrogen) atoms. The smallest absolute Gasteiger partial charge is 0.203 e. The van der Waals surface area contributed by atoms with Crippen molar-refractivity contribution in [2.45, 2.75) is 0 Å². The number of para-hydroxylation sites is 1. The molecule has 4 nitrogen and oxygen atoms in total. The number of aromatic nitrogens is 2. The van der Waals surface area contributed by atoms with E-state index in [1.807, 2.05) is 30.5 Å². The van der Waals surface area contributed by atoms with E-state index in [4.69, 9.17) is 0 Å². The number of thiazole rings is 1. The Morgan fingerprint density at radius 3 is 2.92 bits per heavy atom. The maximum atomic E-state index is 13.8. The number of fused-ring (bicyclic) bond motifs is 1. The molecule has 2 heterocycles. The van der Waals surface area contributed by atoms with Crippen molar-refractivity contribution in [2.75, 3.05) is 5.43 Å². The summed E-state index contributed by atoms with van der Waals surface area (Å²) in [6.45, 7) is 0. The van der Waals surface area contributed by atoms with Gasteiger partial charge in [0.25, 0.3) is 0 Å². The van der Waals surface area contributed by atoms with Gasteiger partial charge in [-0.1, -0.05) is 18.2 Å². The van der Waals surface area contributed by atoms with Gasteiger partial charge in [-0.2, -0.15) is 5.10 Å². The lowest BCUT2D eigenvalue weighted by Gasteiger charge is -1.99. The molecule has 0 bridgehead atoms. The highest BCUT2D eigenvalue weighted by Crippen LogP contribution is 2.27. The summed E-state index contributed by atoms with van der Waals surface area (Å²) in [7, 11) is 0. The molecule has 2 aromatic carbocycles. The number of nitrogens with zero attached hydrogens (tertiary/aromatic N) is 2. The summed E-state index contributed by atoms with van der Waals surface area (Å²) in [5.74, 6) is -1.25. The first-order valence-corrected chi connectivity index (χ1v) is 8.35. The molecule has 4 rings (SSSR count). The zero-order chi connectivity index (χ0) is 17.2. The summed E-state index contributed by atoms with van der Waals surface area (Å²) >= 11 is 1.29. The van der Waals surface area contributed by atoms with Crippen LogP contribution in [0.3, 0.4) is 0 Å². The predicted octanol–water partition coefficient (Wildman–Crippen LogP) is 5.02. The van der Waals surface area contributed by atoms with Gasteiger partial charge in [0.15, 0.2) is 0 Å². The average molecular weight is 354 g/mol. The molecule has 0 aliphatic carbocycles. The summed E-state index contributed by atoms with van der Waals surface area (Å²) in [5, 5.41) is 7.46. The van der Waals surface area contributed by atoms with Gasteiger partial charge < -0.3 is 4.98 Å². The van der Waals surface area contributed by atoms with Crippen LogP contribution in [0.4, 0.5) is 13.9 Å². The van der Waals surface area contributed by atoms with Crippen LogP contribution in [0.2, 0.25) is 0 Å². The predicted molar refractivity (Wildman–Crippen MR) is 97.0 cm³/mol. The SMILES string of the molecule is Fc1ccc(-c2csc(N/N=C/c3c[nH]c4ccccc34)n2)c(F)c1. The second-order valence-electron chi connectivity index (χ2n) is 5.32. The summed E-state index contributed by atoms with van der Waals surface area (Å²) in [4.78, 5) is 7.44. The largest absolute Gasteiger partial charge is 0.361 e. The minimum atomic E-state index is -0.640. The fourth-order valence-electron chi connectivity index (χ4n) is 2.50. The Labute approximate surface area is 145 Å². The Bertz CT molecular complexity index is 1070. The number of nitrogens with one attached hydrogen (secondary N) is 2. The van der Waals surface area contributed by atoms with E-state index in [0.717, 1.165) is 22.5 Å². The molecule has 0 aliphatic rings. The van der Waals surface area contributed by atoms with Crippen molar-refractivity contribution in [3.05, 3.63) is 71.2 Å². The van der Waals surface area contributed by atoms with E-state index in [1.165, 1.54) is 23.5 Å². The Balaban J connectivity index is 1.51. The van der Waals surface area contributed by atoms with Crippen LogP contribution in [0.1, 0.15) is 5.56 Å². The molecule has 2 aromatic heterocycles. The summed E-state index contributed by atoms with van der Waals surface area (Å²) < 4.78 is 26.8. The first-order valence-electron chi connectivity index (χ1n) is 7.47. The van der Waals surface area contributed by atoms with E-state index in [2.05, 4.69) is 20.5 Å². The second kappa shape index (κ2) is 6.45. The Kier molecular flexibility index (Phi) is 3.99. The van der Waals surface area contributed by atoms with Crippen molar-refractivity contribution in [3.8, 4) is 11.3 Å². The highest BCUT2D eigenvalue weighted by atomic mass is 32.1. The number of H-pyrrole nitrogens is 1. The van der Waals surface area contributed by atoms with E-state index in [9.17, 15) is 8.78 Å². The van der Waals surface area contributed by atoms with Crippen molar-refractivity contribution in [1.29, 1.82) is 0 Å². The van der Waals surface area contributed by atoms with Gasteiger partial charge in [0.05, 0.1) is 11.9 Å². The molecular weight excluding hydrogens is 342 g/mol. The van der Waals surface area contributed by atoms with E-state index in [-0.39, 0.29) is 5.56 Å². The summed E-state index contributed by atoms with van der Waals surface area (Å²) in [6.07, 6.45) is 3.56. The second-order valence-corrected chi connectivity index (χ2v) is 6.18. The van der Waals surface area contributed by atoms with Crippen LogP contribution in [-0.2, 0) is 0 Å². The van der Waals surface area contributed by atoms with Gasteiger partial charge in [-0.05, 0) is 18.2 Å². The summed E-state index contributed by atoms with van der Waals surface area (Å²) in [6, 6.07) is 11.3. The van der Waals surface area contributed by atoms with Gasteiger partial charge in [-0.15, -0.1) is 11.3 Å². The van der Waals surface area contributed by atoms with Gasteiger partial charge in [0.2, 0.25) is 5.13 Å². The number of hydrogen-bond acceptors (Lipinski definition) is 4. The maximum absolute atomic E-state index is 13.8. The molecule has 0 saturated carbocycles. The number of aromatic amines is 1. The molecule has 0 aliphatic heterocycles. The lowest BCUT2D eigenvalue weighted by atomic mass is 10.1. The minimum absolute atomic E-state index is 0.256. The number of hydrazone groups is 1. The van der Waals surface area contributed by atoms with Crippen molar-refractivity contribution in [2.24, 2.45) is 5.10 Å². The van der Waals surface area contributed by atoms with Crippen LogP contribution < -0.4 is 5.43 Å². The molecule has 0 saturated heterocycles. The molecule has 4 aromatic rings.